The van der Waals surface area contributed by atoms with Gasteiger partial charge in [0.05, 0.1) is 22.2 Å². The monoisotopic (exact) mass is 515 g/mol. The number of nitrogens with zero attached hydrogens (tertiary/aromatic N) is 2. The van der Waals surface area contributed by atoms with Gasteiger partial charge in [0.1, 0.15) is 12.1 Å². The number of nitrogens with one attached hydrogen (secondary N) is 3. The SMILES string of the molecule is CNCCC(=O)N[C@H](C(=O)N1C[C@H](O)C[C@H]1C(=O)NCc1ccc(-c2scnc2C)cc1)C(C)(C)C. The molecule has 1 aliphatic heterocycles. The van der Waals surface area contributed by atoms with Gasteiger partial charge >= 0.3 is 0 Å². The van der Waals surface area contributed by atoms with Gasteiger partial charge in [-0.3, -0.25) is 14.4 Å². The molecular formula is C26H37N5O4S. The number of likely N-dealkylation sites (tertiary alicyclic amines) is 1. The molecule has 10 heteroatoms. The van der Waals surface area contributed by atoms with E-state index in [-0.39, 0.29) is 37.1 Å². The molecule has 0 spiro atoms. The first-order valence-electron chi connectivity index (χ1n) is 12.2. The van der Waals surface area contributed by atoms with Crippen molar-refractivity contribution in [1.29, 1.82) is 0 Å². The predicted molar refractivity (Wildman–Crippen MR) is 140 cm³/mol. The lowest BCUT2D eigenvalue weighted by molar-refractivity contribution is -0.144. The molecule has 1 aromatic carbocycles. The van der Waals surface area contributed by atoms with Crippen LogP contribution >= 0.6 is 11.3 Å². The van der Waals surface area contributed by atoms with Crippen molar-refractivity contribution in [3.8, 4) is 10.4 Å². The molecule has 0 bridgehead atoms. The summed E-state index contributed by atoms with van der Waals surface area (Å²) in [5.41, 5.74) is 4.23. The predicted octanol–water partition coefficient (Wildman–Crippen LogP) is 1.84. The highest BCUT2D eigenvalue weighted by molar-refractivity contribution is 7.13. The zero-order chi connectivity index (χ0) is 26.5. The first-order valence-corrected chi connectivity index (χ1v) is 13.1. The van der Waals surface area contributed by atoms with Crippen LogP contribution in [0, 0.1) is 12.3 Å². The topological polar surface area (TPSA) is 124 Å². The zero-order valence-corrected chi connectivity index (χ0v) is 22.4. The minimum atomic E-state index is -0.815. The molecular weight excluding hydrogens is 478 g/mol. The summed E-state index contributed by atoms with van der Waals surface area (Å²) in [6.45, 7) is 8.43. The van der Waals surface area contributed by atoms with Crippen LogP contribution in [-0.4, -0.2) is 71.0 Å². The molecule has 1 aromatic heterocycles. The van der Waals surface area contributed by atoms with E-state index in [9.17, 15) is 19.5 Å². The Hall–Kier alpha value is -2.82. The molecule has 4 N–H and O–H groups in total. The van der Waals surface area contributed by atoms with E-state index < -0.39 is 23.6 Å². The molecule has 0 aliphatic carbocycles. The lowest BCUT2D eigenvalue weighted by Crippen LogP contribution is -2.57. The number of hydrogen-bond acceptors (Lipinski definition) is 7. The maximum Gasteiger partial charge on any atom is 0.246 e. The van der Waals surface area contributed by atoms with Crippen LogP contribution in [0.5, 0.6) is 0 Å². The summed E-state index contributed by atoms with van der Waals surface area (Å²) < 4.78 is 0. The van der Waals surface area contributed by atoms with E-state index in [1.807, 2.05) is 57.5 Å². The van der Waals surface area contributed by atoms with Crippen LogP contribution in [0.25, 0.3) is 10.4 Å². The minimum absolute atomic E-state index is 0.0543. The van der Waals surface area contributed by atoms with Gasteiger partial charge in [-0.05, 0) is 30.5 Å². The first-order chi connectivity index (χ1) is 17.0. The molecule has 2 aromatic rings. The van der Waals surface area contributed by atoms with Crippen LogP contribution < -0.4 is 16.0 Å². The van der Waals surface area contributed by atoms with Gasteiger partial charge in [-0.25, -0.2) is 4.98 Å². The maximum absolute atomic E-state index is 13.5. The number of benzene rings is 1. The Labute approximate surface area is 216 Å². The van der Waals surface area contributed by atoms with E-state index in [2.05, 4.69) is 20.9 Å². The third-order valence-corrected chi connectivity index (χ3v) is 7.29. The molecule has 196 valence electrons. The number of hydrogen-bond donors (Lipinski definition) is 4. The second-order valence-electron chi connectivity index (χ2n) is 10.3. The van der Waals surface area contributed by atoms with Crippen molar-refractivity contribution in [1.82, 2.24) is 25.8 Å². The maximum atomic E-state index is 13.5. The van der Waals surface area contributed by atoms with Crippen molar-refractivity contribution < 1.29 is 19.5 Å². The third kappa shape index (κ3) is 6.89. The van der Waals surface area contributed by atoms with Crippen molar-refractivity contribution in [3.05, 3.63) is 41.0 Å². The summed E-state index contributed by atoms with van der Waals surface area (Å²) in [5.74, 6) is -0.923. The number of aliphatic hydroxyl groups is 1. The molecule has 1 fully saturated rings. The van der Waals surface area contributed by atoms with Gasteiger partial charge in [-0.15, -0.1) is 11.3 Å². The van der Waals surface area contributed by atoms with E-state index >= 15 is 0 Å². The summed E-state index contributed by atoms with van der Waals surface area (Å²) in [6.07, 6.45) is -0.400. The number of thiazole rings is 1. The summed E-state index contributed by atoms with van der Waals surface area (Å²) >= 11 is 1.59. The number of amides is 3. The van der Waals surface area contributed by atoms with Gasteiger partial charge < -0.3 is 26.0 Å². The average Bonchev–Trinajstić information content (AvgIpc) is 3.44. The molecule has 0 unspecified atom stereocenters. The fourth-order valence-electron chi connectivity index (χ4n) is 4.25. The van der Waals surface area contributed by atoms with Gasteiger partial charge in [0.2, 0.25) is 17.7 Å². The summed E-state index contributed by atoms with van der Waals surface area (Å²) in [7, 11) is 1.75. The molecule has 3 rings (SSSR count). The van der Waals surface area contributed by atoms with E-state index in [1.54, 1.807) is 18.4 Å². The average molecular weight is 516 g/mol. The molecule has 36 heavy (non-hydrogen) atoms. The summed E-state index contributed by atoms with van der Waals surface area (Å²) in [5, 5.41) is 19.0. The van der Waals surface area contributed by atoms with Gasteiger partial charge in [0.15, 0.2) is 0 Å². The highest BCUT2D eigenvalue weighted by Crippen LogP contribution is 2.28. The summed E-state index contributed by atoms with van der Waals surface area (Å²) in [4.78, 5) is 45.8. The Balaban J connectivity index is 1.66. The van der Waals surface area contributed by atoms with Crippen molar-refractivity contribution in [2.75, 3.05) is 20.1 Å². The number of carbonyl (C=O) groups is 3. The third-order valence-electron chi connectivity index (χ3n) is 6.31. The van der Waals surface area contributed by atoms with Gasteiger partial charge in [-0.1, -0.05) is 45.0 Å². The number of rotatable bonds is 9. The molecule has 1 aliphatic rings. The molecule has 3 amide bonds. The second-order valence-corrected chi connectivity index (χ2v) is 11.2. The number of aliphatic hydroxyl groups excluding tert-OH is 1. The Morgan fingerprint density at radius 2 is 1.92 bits per heavy atom. The van der Waals surface area contributed by atoms with Crippen LogP contribution in [0.3, 0.4) is 0 Å². The van der Waals surface area contributed by atoms with E-state index in [0.29, 0.717) is 13.1 Å². The quantitative estimate of drug-likeness (QED) is 0.404. The number of aromatic nitrogens is 1. The van der Waals surface area contributed by atoms with Crippen LogP contribution in [0.2, 0.25) is 0 Å². The Bertz CT molecular complexity index is 1060. The standard InChI is InChI=1S/C26H37N5O4S/c1-16-22(36-15-29-16)18-8-6-17(7-9-18)13-28-24(34)20-12-19(32)14-31(20)25(35)23(26(2,3)4)30-21(33)10-11-27-5/h6-9,15,19-20,23,27,32H,10-14H2,1-5H3,(H,28,34)(H,30,33)/t19-,20+,23-/m1/s1. The van der Waals surface area contributed by atoms with Crippen molar-refractivity contribution in [2.45, 2.75) is 65.3 Å². The number of aryl methyl sites for hydroxylation is 1. The first kappa shape index (κ1) is 27.8. The Kier molecular flexibility index (Phi) is 9.21. The van der Waals surface area contributed by atoms with Crippen molar-refractivity contribution in [3.63, 3.8) is 0 Å². The molecule has 0 saturated carbocycles. The smallest absolute Gasteiger partial charge is 0.246 e. The van der Waals surface area contributed by atoms with Crippen LogP contribution in [0.15, 0.2) is 29.8 Å². The number of β-amino-alcohol motifs (C(OH)–C–C–N with tert-alkyl or cyclic N) is 1. The fraction of sp³-hybridized carbons (Fsp3) is 0.538. The summed E-state index contributed by atoms with van der Waals surface area (Å²) in [6, 6.07) is 6.30. The van der Waals surface area contributed by atoms with Crippen LogP contribution in [0.1, 0.15) is 44.9 Å². The second kappa shape index (κ2) is 11.9. The number of carbonyl (C=O) groups excluding carboxylic acids is 3. The minimum Gasteiger partial charge on any atom is -0.391 e. The van der Waals surface area contributed by atoms with E-state index in [0.717, 1.165) is 21.7 Å². The van der Waals surface area contributed by atoms with Crippen molar-refractivity contribution in [2.24, 2.45) is 5.41 Å². The normalized spacial score (nSPS) is 18.7. The molecule has 1 saturated heterocycles. The molecule has 2 heterocycles. The van der Waals surface area contributed by atoms with Gasteiger partial charge in [0, 0.05) is 32.5 Å². The highest BCUT2D eigenvalue weighted by atomic mass is 32.1. The van der Waals surface area contributed by atoms with E-state index in [4.69, 9.17) is 0 Å². The largest absolute Gasteiger partial charge is 0.391 e. The fourth-order valence-corrected chi connectivity index (χ4v) is 5.06. The molecule has 0 radical (unpaired) electrons. The Morgan fingerprint density at radius 1 is 1.22 bits per heavy atom. The lowest BCUT2D eigenvalue weighted by Gasteiger charge is -2.35. The van der Waals surface area contributed by atoms with E-state index in [1.165, 1.54) is 4.90 Å². The molecule has 3 atom stereocenters. The zero-order valence-electron chi connectivity index (χ0n) is 21.6. The van der Waals surface area contributed by atoms with Crippen LogP contribution in [-0.2, 0) is 20.9 Å². The Morgan fingerprint density at radius 3 is 2.50 bits per heavy atom. The lowest BCUT2D eigenvalue weighted by atomic mass is 9.85. The van der Waals surface area contributed by atoms with Crippen molar-refractivity contribution >= 4 is 29.1 Å². The van der Waals surface area contributed by atoms with Gasteiger partial charge in [-0.2, -0.15) is 0 Å². The van der Waals surface area contributed by atoms with Crippen LogP contribution in [0.4, 0.5) is 0 Å². The highest BCUT2D eigenvalue weighted by Gasteiger charge is 2.44. The molecule has 9 nitrogen and oxygen atoms in total. The van der Waals surface area contributed by atoms with Gasteiger partial charge in [0.25, 0.3) is 0 Å².